The molecule has 0 unspecified atom stereocenters. The van der Waals surface area contributed by atoms with Gasteiger partial charge in [0.1, 0.15) is 5.75 Å². The standard InChI is InChI=1S/C10H16N4O/c1-7-5-8(3-4-9(7)15-2)6-13-14-10(11)12/h3-5,13H,6H2,1-2H3,(H4,11,12,14). The maximum Gasteiger partial charge on any atom is 0.208 e. The van der Waals surface area contributed by atoms with Gasteiger partial charge in [-0.05, 0) is 24.1 Å². The van der Waals surface area contributed by atoms with Gasteiger partial charge in [-0.15, -0.1) is 5.10 Å². The van der Waals surface area contributed by atoms with E-state index in [2.05, 4.69) is 10.5 Å². The Morgan fingerprint density at radius 2 is 2.20 bits per heavy atom. The second-order valence-electron chi connectivity index (χ2n) is 3.18. The minimum atomic E-state index is 0.0280. The summed E-state index contributed by atoms with van der Waals surface area (Å²) in [4.78, 5) is 0. The first-order chi connectivity index (χ1) is 7.13. The van der Waals surface area contributed by atoms with E-state index in [9.17, 15) is 0 Å². The molecule has 1 aromatic carbocycles. The average molecular weight is 208 g/mol. The van der Waals surface area contributed by atoms with Crippen LogP contribution in [0.2, 0.25) is 0 Å². The highest BCUT2D eigenvalue weighted by molar-refractivity contribution is 5.75. The molecule has 0 saturated heterocycles. The highest BCUT2D eigenvalue weighted by Crippen LogP contribution is 2.18. The van der Waals surface area contributed by atoms with Gasteiger partial charge in [-0.25, -0.2) is 0 Å². The third-order valence-electron chi connectivity index (χ3n) is 1.95. The highest BCUT2D eigenvalue weighted by atomic mass is 16.5. The molecule has 0 spiro atoms. The molecule has 0 aliphatic heterocycles. The van der Waals surface area contributed by atoms with Crippen molar-refractivity contribution in [2.24, 2.45) is 16.6 Å². The molecular weight excluding hydrogens is 192 g/mol. The van der Waals surface area contributed by atoms with Crippen molar-refractivity contribution in [3.63, 3.8) is 0 Å². The van der Waals surface area contributed by atoms with Crippen LogP contribution < -0.4 is 21.6 Å². The maximum atomic E-state index is 5.18. The molecule has 0 atom stereocenters. The van der Waals surface area contributed by atoms with Crippen LogP contribution in [0.25, 0.3) is 0 Å². The van der Waals surface area contributed by atoms with Crippen molar-refractivity contribution in [2.75, 3.05) is 7.11 Å². The fraction of sp³-hybridized carbons (Fsp3) is 0.300. The predicted octanol–water partition coefficient (Wildman–Crippen LogP) is 0.282. The lowest BCUT2D eigenvalue weighted by Gasteiger charge is -2.07. The van der Waals surface area contributed by atoms with Crippen LogP contribution >= 0.6 is 0 Å². The molecule has 15 heavy (non-hydrogen) atoms. The largest absolute Gasteiger partial charge is 0.496 e. The fourth-order valence-electron chi connectivity index (χ4n) is 1.27. The normalized spacial score (nSPS) is 9.47. The molecule has 0 bridgehead atoms. The summed E-state index contributed by atoms with van der Waals surface area (Å²) in [5, 5.41) is 3.68. The van der Waals surface area contributed by atoms with Gasteiger partial charge in [0.05, 0.1) is 13.7 Å². The number of nitrogens with zero attached hydrogens (tertiary/aromatic N) is 1. The number of methoxy groups -OCH3 is 1. The van der Waals surface area contributed by atoms with E-state index in [4.69, 9.17) is 16.2 Å². The molecule has 0 heterocycles. The van der Waals surface area contributed by atoms with Crippen molar-refractivity contribution in [3.8, 4) is 5.75 Å². The lowest BCUT2D eigenvalue weighted by atomic mass is 10.1. The molecule has 0 radical (unpaired) electrons. The van der Waals surface area contributed by atoms with E-state index >= 15 is 0 Å². The van der Waals surface area contributed by atoms with Crippen LogP contribution in [-0.4, -0.2) is 13.1 Å². The smallest absolute Gasteiger partial charge is 0.208 e. The quantitative estimate of drug-likeness (QED) is 0.377. The third kappa shape index (κ3) is 3.38. The van der Waals surface area contributed by atoms with Gasteiger partial charge in [0.2, 0.25) is 5.96 Å². The molecule has 0 aliphatic rings. The number of hydrogen-bond donors (Lipinski definition) is 3. The number of ether oxygens (including phenoxy) is 1. The van der Waals surface area contributed by atoms with Crippen LogP contribution in [0.15, 0.2) is 23.3 Å². The Hall–Kier alpha value is -1.91. The van der Waals surface area contributed by atoms with Crippen molar-refractivity contribution >= 4 is 5.96 Å². The van der Waals surface area contributed by atoms with Crippen LogP contribution in [0, 0.1) is 6.92 Å². The first kappa shape index (κ1) is 11.2. The molecule has 0 amide bonds. The van der Waals surface area contributed by atoms with Crippen molar-refractivity contribution < 1.29 is 4.74 Å². The van der Waals surface area contributed by atoms with E-state index in [1.54, 1.807) is 7.11 Å². The van der Waals surface area contributed by atoms with Gasteiger partial charge in [0, 0.05) is 0 Å². The van der Waals surface area contributed by atoms with Crippen LogP contribution in [-0.2, 0) is 6.54 Å². The van der Waals surface area contributed by atoms with Crippen molar-refractivity contribution in [1.82, 2.24) is 5.43 Å². The van der Waals surface area contributed by atoms with E-state index in [0.717, 1.165) is 16.9 Å². The Balaban J connectivity index is 2.63. The van der Waals surface area contributed by atoms with Gasteiger partial charge in [-0.1, -0.05) is 12.1 Å². The summed E-state index contributed by atoms with van der Waals surface area (Å²) in [5.41, 5.74) is 15.3. The SMILES string of the molecule is COc1ccc(CNN=C(N)N)cc1C. The first-order valence-corrected chi connectivity index (χ1v) is 4.58. The summed E-state index contributed by atoms with van der Waals surface area (Å²) < 4.78 is 5.15. The molecule has 0 aromatic heterocycles. The summed E-state index contributed by atoms with van der Waals surface area (Å²) in [7, 11) is 1.65. The lowest BCUT2D eigenvalue weighted by Crippen LogP contribution is -2.26. The van der Waals surface area contributed by atoms with Crippen LogP contribution in [0.4, 0.5) is 0 Å². The highest BCUT2D eigenvalue weighted by Gasteiger charge is 1.98. The van der Waals surface area contributed by atoms with Gasteiger partial charge >= 0.3 is 0 Å². The number of aryl methyl sites for hydroxylation is 1. The Kier molecular flexibility index (Phi) is 3.79. The topological polar surface area (TPSA) is 85.7 Å². The number of nitrogens with two attached hydrogens (primary N) is 2. The second-order valence-corrected chi connectivity index (χ2v) is 3.18. The molecule has 0 fully saturated rings. The van der Waals surface area contributed by atoms with E-state index in [-0.39, 0.29) is 5.96 Å². The van der Waals surface area contributed by atoms with Crippen molar-refractivity contribution in [1.29, 1.82) is 0 Å². The summed E-state index contributed by atoms with van der Waals surface area (Å²) in [6.07, 6.45) is 0. The molecule has 5 nitrogen and oxygen atoms in total. The molecule has 0 aliphatic carbocycles. The van der Waals surface area contributed by atoms with Crippen LogP contribution in [0.3, 0.4) is 0 Å². The van der Waals surface area contributed by atoms with Gasteiger partial charge in [-0.2, -0.15) is 0 Å². The Morgan fingerprint density at radius 3 is 2.73 bits per heavy atom. The molecule has 82 valence electrons. The molecule has 5 heteroatoms. The Labute approximate surface area is 89.1 Å². The van der Waals surface area contributed by atoms with Gasteiger partial charge in [0.25, 0.3) is 0 Å². The minimum absolute atomic E-state index is 0.0280. The average Bonchev–Trinajstić information content (AvgIpc) is 2.17. The van der Waals surface area contributed by atoms with Crippen LogP contribution in [0.1, 0.15) is 11.1 Å². The number of nitrogens with one attached hydrogen (secondary N) is 1. The number of rotatable bonds is 4. The predicted molar refractivity (Wildman–Crippen MR) is 60.4 cm³/mol. The molecule has 5 N–H and O–H groups in total. The fourth-order valence-corrected chi connectivity index (χ4v) is 1.27. The van der Waals surface area contributed by atoms with Crippen LogP contribution in [0.5, 0.6) is 5.75 Å². The summed E-state index contributed by atoms with van der Waals surface area (Å²) >= 11 is 0. The summed E-state index contributed by atoms with van der Waals surface area (Å²) in [6, 6.07) is 5.90. The van der Waals surface area contributed by atoms with E-state index < -0.39 is 0 Å². The second kappa shape index (κ2) is 5.09. The van der Waals surface area contributed by atoms with E-state index in [1.807, 2.05) is 25.1 Å². The van der Waals surface area contributed by atoms with Gasteiger partial charge in [-0.3, -0.25) is 0 Å². The first-order valence-electron chi connectivity index (χ1n) is 4.58. The number of hydrazone groups is 1. The maximum absolute atomic E-state index is 5.18. The van der Waals surface area contributed by atoms with Gasteiger partial charge < -0.3 is 21.6 Å². The zero-order valence-corrected chi connectivity index (χ0v) is 8.95. The van der Waals surface area contributed by atoms with Crippen molar-refractivity contribution in [3.05, 3.63) is 29.3 Å². The molecule has 0 saturated carbocycles. The summed E-state index contributed by atoms with van der Waals surface area (Å²) in [6.45, 7) is 2.58. The Bertz CT molecular complexity index is 358. The van der Waals surface area contributed by atoms with E-state index in [1.165, 1.54) is 0 Å². The number of guanidine groups is 1. The molecular formula is C10H16N4O. The third-order valence-corrected chi connectivity index (χ3v) is 1.95. The zero-order chi connectivity index (χ0) is 11.3. The minimum Gasteiger partial charge on any atom is -0.496 e. The van der Waals surface area contributed by atoms with Gasteiger partial charge in [0.15, 0.2) is 0 Å². The van der Waals surface area contributed by atoms with Crippen molar-refractivity contribution in [2.45, 2.75) is 13.5 Å². The zero-order valence-electron chi connectivity index (χ0n) is 8.95. The molecule has 1 aromatic rings. The molecule has 1 rings (SSSR count). The number of hydrogen-bond acceptors (Lipinski definition) is 3. The van der Waals surface area contributed by atoms with E-state index in [0.29, 0.717) is 6.54 Å². The lowest BCUT2D eigenvalue weighted by molar-refractivity contribution is 0.411. The Morgan fingerprint density at radius 1 is 1.47 bits per heavy atom. The number of benzene rings is 1. The summed E-state index contributed by atoms with van der Waals surface area (Å²) in [5.74, 6) is 0.904. The monoisotopic (exact) mass is 208 g/mol.